The van der Waals surface area contributed by atoms with Gasteiger partial charge >= 0.3 is 0 Å². The lowest BCUT2D eigenvalue weighted by molar-refractivity contribution is -0.120. The summed E-state index contributed by atoms with van der Waals surface area (Å²) in [5, 5.41) is 3.51. The molecule has 4 rings (SSSR count). The van der Waals surface area contributed by atoms with Gasteiger partial charge in [0.15, 0.2) is 0 Å². The Labute approximate surface area is 223 Å². The van der Waals surface area contributed by atoms with E-state index in [4.69, 9.17) is 11.6 Å². The van der Waals surface area contributed by atoms with Crippen molar-refractivity contribution in [3.63, 3.8) is 0 Å². The fraction of sp³-hybridized carbons (Fsp3) is 0.167. The van der Waals surface area contributed by atoms with Gasteiger partial charge in [-0.2, -0.15) is 0 Å². The van der Waals surface area contributed by atoms with Gasteiger partial charge in [-0.1, -0.05) is 72.3 Å². The molecule has 1 amide bonds. The number of amides is 1. The summed E-state index contributed by atoms with van der Waals surface area (Å²) in [6.45, 7) is 5.47. The van der Waals surface area contributed by atoms with Crippen LogP contribution in [-0.2, 0) is 14.8 Å². The van der Waals surface area contributed by atoms with Gasteiger partial charge in [0.05, 0.1) is 16.6 Å². The maximum Gasteiger partial charge on any atom is 0.264 e. The van der Waals surface area contributed by atoms with Crippen LogP contribution < -0.4 is 9.62 Å². The van der Waals surface area contributed by atoms with Crippen LogP contribution in [-0.4, -0.2) is 20.9 Å². The van der Waals surface area contributed by atoms with Crippen molar-refractivity contribution >= 4 is 33.2 Å². The Morgan fingerprint density at radius 3 is 2.11 bits per heavy atom. The largest absolute Gasteiger partial charge is 0.344 e. The summed E-state index contributed by atoms with van der Waals surface area (Å²) in [7, 11) is -4.05. The Hall–Kier alpha value is -3.61. The molecule has 0 radical (unpaired) electrons. The highest BCUT2D eigenvalue weighted by Gasteiger charge is 2.29. The molecule has 0 bridgehead atoms. The Morgan fingerprint density at radius 1 is 0.811 bits per heavy atom. The van der Waals surface area contributed by atoms with Crippen molar-refractivity contribution in [2.75, 3.05) is 10.8 Å². The van der Waals surface area contributed by atoms with Crippen LogP contribution in [0.1, 0.15) is 33.9 Å². The first-order chi connectivity index (χ1) is 17.7. The number of sulfonamides is 1. The SMILES string of the molecule is Cc1ccc(N(CC(=O)N[C@@H](c2ccccc2)c2ccccc2C)S(=O)(=O)c2ccc(Cl)cc2)cc1C. The van der Waals surface area contributed by atoms with E-state index in [0.29, 0.717) is 10.7 Å². The summed E-state index contributed by atoms with van der Waals surface area (Å²) in [6, 6.07) is 28.3. The van der Waals surface area contributed by atoms with Gasteiger partial charge in [0, 0.05) is 5.02 Å². The minimum absolute atomic E-state index is 0.0569. The molecule has 7 heteroatoms. The standard InChI is InChI=1S/C30H29ClN2O3S/c1-21-13-16-26(19-23(21)3)33(37(35,36)27-17-14-25(31)15-18-27)20-29(34)32-30(24-10-5-4-6-11-24)28-12-8-7-9-22(28)2/h4-19,30H,20H2,1-3H3,(H,32,34)/t30-/m0/s1. The second-order valence-corrected chi connectivity index (χ2v) is 11.3. The van der Waals surface area contributed by atoms with Crippen LogP contribution in [0, 0.1) is 20.8 Å². The molecule has 0 aliphatic carbocycles. The first-order valence-corrected chi connectivity index (χ1v) is 13.7. The van der Waals surface area contributed by atoms with Gasteiger partial charge in [0.25, 0.3) is 10.0 Å². The summed E-state index contributed by atoms with van der Waals surface area (Å²) >= 11 is 5.99. The number of nitrogens with zero attached hydrogens (tertiary/aromatic N) is 1. The Bertz CT molecular complexity index is 1500. The number of hydrogen-bond acceptors (Lipinski definition) is 3. The molecule has 0 saturated heterocycles. The summed E-state index contributed by atoms with van der Waals surface area (Å²) in [5.41, 5.74) is 5.25. The van der Waals surface area contributed by atoms with Crippen LogP contribution in [0.15, 0.2) is 102 Å². The van der Waals surface area contributed by atoms with E-state index in [2.05, 4.69) is 5.32 Å². The summed E-state index contributed by atoms with van der Waals surface area (Å²) in [4.78, 5) is 13.6. The molecule has 0 heterocycles. The highest BCUT2D eigenvalue weighted by molar-refractivity contribution is 7.92. The maximum atomic E-state index is 13.8. The van der Waals surface area contributed by atoms with Gasteiger partial charge in [-0.05, 0) is 85.0 Å². The van der Waals surface area contributed by atoms with Crippen molar-refractivity contribution in [2.24, 2.45) is 0 Å². The number of aryl methyl sites for hydroxylation is 3. The zero-order chi connectivity index (χ0) is 26.6. The van der Waals surface area contributed by atoms with Crippen LogP contribution >= 0.6 is 11.6 Å². The van der Waals surface area contributed by atoms with Gasteiger partial charge < -0.3 is 5.32 Å². The molecular weight excluding hydrogens is 504 g/mol. The molecule has 190 valence electrons. The average Bonchev–Trinajstić information content (AvgIpc) is 2.89. The fourth-order valence-corrected chi connectivity index (χ4v) is 5.70. The molecule has 0 saturated carbocycles. The van der Waals surface area contributed by atoms with Crippen molar-refractivity contribution in [1.29, 1.82) is 0 Å². The highest BCUT2D eigenvalue weighted by Crippen LogP contribution is 2.28. The number of halogens is 1. The lowest BCUT2D eigenvalue weighted by atomic mass is 9.95. The van der Waals surface area contributed by atoms with Crippen molar-refractivity contribution in [3.8, 4) is 0 Å². The van der Waals surface area contributed by atoms with E-state index in [0.717, 1.165) is 32.1 Å². The number of hydrogen-bond donors (Lipinski definition) is 1. The zero-order valence-electron chi connectivity index (χ0n) is 21.0. The minimum atomic E-state index is -4.05. The number of nitrogens with one attached hydrogen (secondary N) is 1. The first kappa shape index (κ1) is 26.5. The van der Waals surface area contributed by atoms with Crippen LogP contribution in [0.3, 0.4) is 0 Å². The lowest BCUT2D eigenvalue weighted by Gasteiger charge is -2.27. The van der Waals surface area contributed by atoms with E-state index in [1.54, 1.807) is 12.1 Å². The van der Waals surface area contributed by atoms with Gasteiger partial charge in [0.2, 0.25) is 5.91 Å². The maximum absolute atomic E-state index is 13.8. The van der Waals surface area contributed by atoms with Crippen molar-refractivity contribution in [3.05, 3.63) is 130 Å². The van der Waals surface area contributed by atoms with Crippen LogP contribution in [0.2, 0.25) is 5.02 Å². The molecule has 5 nitrogen and oxygen atoms in total. The Balaban J connectivity index is 1.72. The molecule has 4 aromatic carbocycles. The molecule has 4 aromatic rings. The summed E-state index contributed by atoms with van der Waals surface area (Å²) < 4.78 is 28.7. The number of carbonyl (C=O) groups is 1. The molecule has 37 heavy (non-hydrogen) atoms. The topological polar surface area (TPSA) is 66.5 Å². The molecule has 0 aliphatic heterocycles. The number of carbonyl (C=O) groups excluding carboxylic acids is 1. The quantitative estimate of drug-likeness (QED) is 0.287. The third-order valence-corrected chi connectivity index (χ3v) is 8.45. The molecule has 0 aromatic heterocycles. The van der Waals surface area contributed by atoms with E-state index >= 15 is 0 Å². The second-order valence-electron chi connectivity index (χ2n) is 9.00. The van der Waals surface area contributed by atoms with E-state index in [1.807, 2.05) is 81.4 Å². The highest BCUT2D eigenvalue weighted by atomic mass is 35.5. The molecule has 0 aliphatic rings. The first-order valence-electron chi connectivity index (χ1n) is 11.9. The fourth-order valence-electron chi connectivity index (χ4n) is 4.16. The number of benzene rings is 4. The van der Waals surface area contributed by atoms with Gasteiger partial charge in [0.1, 0.15) is 6.54 Å². The Morgan fingerprint density at radius 2 is 1.46 bits per heavy atom. The predicted molar refractivity (Wildman–Crippen MR) is 150 cm³/mol. The molecule has 1 N–H and O–H groups in total. The molecular formula is C30H29ClN2O3S. The molecule has 0 unspecified atom stereocenters. The smallest absolute Gasteiger partial charge is 0.264 e. The number of anilines is 1. The molecule has 0 spiro atoms. The van der Waals surface area contributed by atoms with Crippen molar-refractivity contribution in [2.45, 2.75) is 31.7 Å². The molecule has 0 fully saturated rings. The normalized spacial score (nSPS) is 12.1. The third-order valence-electron chi connectivity index (χ3n) is 6.41. The van der Waals surface area contributed by atoms with Crippen molar-refractivity contribution in [1.82, 2.24) is 5.32 Å². The monoisotopic (exact) mass is 532 g/mol. The van der Waals surface area contributed by atoms with Crippen LogP contribution in [0.4, 0.5) is 5.69 Å². The summed E-state index contributed by atoms with van der Waals surface area (Å²) in [5.74, 6) is -0.423. The lowest BCUT2D eigenvalue weighted by Crippen LogP contribution is -2.42. The van der Waals surface area contributed by atoms with Crippen molar-refractivity contribution < 1.29 is 13.2 Å². The van der Waals surface area contributed by atoms with E-state index < -0.39 is 22.0 Å². The predicted octanol–water partition coefficient (Wildman–Crippen LogP) is 6.37. The van der Waals surface area contributed by atoms with E-state index in [9.17, 15) is 13.2 Å². The van der Waals surface area contributed by atoms with E-state index in [-0.39, 0.29) is 11.4 Å². The summed E-state index contributed by atoms with van der Waals surface area (Å²) in [6.07, 6.45) is 0. The van der Waals surface area contributed by atoms with Crippen LogP contribution in [0.5, 0.6) is 0 Å². The molecule has 1 atom stereocenters. The zero-order valence-corrected chi connectivity index (χ0v) is 22.6. The van der Waals surface area contributed by atoms with Gasteiger partial charge in [-0.3, -0.25) is 9.10 Å². The Kier molecular flexibility index (Phi) is 8.00. The van der Waals surface area contributed by atoms with Crippen LogP contribution in [0.25, 0.3) is 0 Å². The van der Waals surface area contributed by atoms with E-state index in [1.165, 1.54) is 24.3 Å². The average molecular weight is 533 g/mol. The van der Waals surface area contributed by atoms with Gasteiger partial charge in [-0.25, -0.2) is 8.42 Å². The van der Waals surface area contributed by atoms with Gasteiger partial charge in [-0.15, -0.1) is 0 Å². The number of rotatable bonds is 8. The second kappa shape index (κ2) is 11.2. The minimum Gasteiger partial charge on any atom is -0.344 e. The third kappa shape index (κ3) is 6.04.